The first-order valence-electron chi connectivity index (χ1n) is 6.92. The normalized spacial score (nSPS) is 16.9. The molecular formula is C15H15N3O4S. The van der Waals surface area contributed by atoms with Gasteiger partial charge >= 0.3 is 0 Å². The van der Waals surface area contributed by atoms with Crippen molar-refractivity contribution in [2.45, 2.75) is 25.1 Å². The van der Waals surface area contributed by atoms with Gasteiger partial charge in [0.05, 0.1) is 11.9 Å². The van der Waals surface area contributed by atoms with Crippen molar-refractivity contribution in [3.05, 3.63) is 30.2 Å². The minimum atomic E-state index is -0.754. The summed E-state index contributed by atoms with van der Waals surface area (Å²) in [5.74, 6) is 1.02. The first-order chi connectivity index (χ1) is 10.9. The maximum atomic E-state index is 12.2. The van der Waals surface area contributed by atoms with Crippen LogP contribution in [0.2, 0.25) is 0 Å². The average Bonchev–Trinajstić information content (AvgIpc) is 3.06. The van der Waals surface area contributed by atoms with Crippen LogP contribution in [0.15, 0.2) is 28.7 Å². The molecule has 0 bridgehead atoms. The number of thioether (sulfide) groups is 1. The summed E-state index contributed by atoms with van der Waals surface area (Å²) in [5, 5.41) is 7.57. The maximum absolute atomic E-state index is 12.2. The highest BCUT2D eigenvalue weighted by molar-refractivity contribution is 8.16. The van der Waals surface area contributed by atoms with Crippen LogP contribution in [0.5, 0.6) is 5.75 Å². The first kappa shape index (κ1) is 15.5. The molecule has 2 heterocycles. The Morgan fingerprint density at radius 2 is 1.91 bits per heavy atom. The van der Waals surface area contributed by atoms with Gasteiger partial charge in [-0.2, -0.15) is 0 Å². The fourth-order valence-corrected chi connectivity index (χ4v) is 3.06. The van der Waals surface area contributed by atoms with Crippen LogP contribution in [0.3, 0.4) is 0 Å². The summed E-state index contributed by atoms with van der Waals surface area (Å²) >= 11 is 0.999. The number of imide groups is 1. The summed E-state index contributed by atoms with van der Waals surface area (Å²) < 4.78 is 9.89. The lowest BCUT2D eigenvalue weighted by Gasteiger charge is -2.14. The van der Waals surface area contributed by atoms with Crippen LogP contribution in [0.4, 0.5) is 4.79 Å². The number of amides is 2. The number of benzene rings is 1. The SMILES string of the molecule is COc1ccc(-c2nnc(CN3C(=O)SC(C)(C)C3=O)o2)cc1. The van der Waals surface area contributed by atoms with E-state index in [0.717, 1.165) is 28.0 Å². The zero-order chi connectivity index (χ0) is 16.6. The molecule has 0 N–H and O–H groups in total. The Hall–Kier alpha value is -2.35. The third-order valence-corrected chi connectivity index (χ3v) is 4.50. The molecule has 8 heteroatoms. The number of carbonyl (C=O) groups is 2. The summed E-state index contributed by atoms with van der Waals surface area (Å²) in [6, 6.07) is 7.15. The quantitative estimate of drug-likeness (QED) is 0.850. The molecule has 7 nitrogen and oxygen atoms in total. The predicted molar refractivity (Wildman–Crippen MR) is 83.9 cm³/mol. The Bertz CT molecular complexity index is 754. The average molecular weight is 333 g/mol. The Morgan fingerprint density at radius 1 is 1.22 bits per heavy atom. The van der Waals surface area contributed by atoms with Gasteiger partial charge in [0.25, 0.3) is 5.24 Å². The molecule has 1 aliphatic heterocycles. The van der Waals surface area contributed by atoms with Crippen LogP contribution in [0.1, 0.15) is 19.7 Å². The highest BCUT2D eigenvalue weighted by Gasteiger charge is 2.46. The number of aromatic nitrogens is 2. The summed E-state index contributed by atoms with van der Waals surface area (Å²) in [7, 11) is 1.59. The Morgan fingerprint density at radius 3 is 2.48 bits per heavy atom. The fraction of sp³-hybridized carbons (Fsp3) is 0.333. The number of rotatable bonds is 4. The first-order valence-corrected chi connectivity index (χ1v) is 7.74. The van der Waals surface area contributed by atoms with Gasteiger partial charge in [-0.3, -0.25) is 14.5 Å². The van der Waals surface area contributed by atoms with Gasteiger partial charge in [0.1, 0.15) is 12.3 Å². The van der Waals surface area contributed by atoms with Gasteiger partial charge in [-0.15, -0.1) is 10.2 Å². The van der Waals surface area contributed by atoms with E-state index in [1.807, 2.05) is 0 Å². The van der Waals surface area contributed by atoms with Crippen molar-refractivity contribution in [3.63, 3.8) is 0 Å². The second-order valence-corrected chi connectivity index (χ2v) is 7.07. The molecule has 1 aliphatic rings. The highest BCUT2D eigenvalue weighted by atomic mass is 32.2. The topological polar surface area (TPSA) is 85.5 Å². The predicted octanol–water partition coefficient (Wildman–Crippen LogP) is 2.72. The standard InChI is InChI=1S/C15H15N3O4S/c1-15(2)13(19)18(14(20)23-15)8-11-16-17-12(22-11)9-4-6-10(21-3)7-5-9/h4-7H,8H2,1-3H3. The summed E-state index contributed by atoms with van der Waals surface area (Å²) in [6.07, 6.45) is 0. The van der Waals surface area contributed by atoms with Crippen LogP contribution in [-0.4, -0.2) is 38.1 Å². The molecule has 0 radical (unpaired) electrons. The van der Waals surface area contributed by atoms with Crippen molar-refractivity contribution < 1.29 is 18.7 Å². The van der Waals surface area contributed by atoms with Gasteiger partial charge in [0, 0.05) is 5.56 Å². The molecule has 1 aromatic carbocycles. The molecule has 0 atom stereocenters. The summed E-state index contributed by atoms with van der Waals surface area (Å²) in [5.41, 5.74) is 0.735. The summed E-state index contributed by atoms with van der Waals surface area (Å²) in [4.78, 5) is 25.2. The monoisotopic (exact) mass is 333 g/mol. The van der Waals surface area contributed by atoms with E-state index in [-0.39, 0.29) is 23.6 Å². The van der Waals surface area contributed by atoms with Crippen molar-refractivity contribution in [2.75, 3.05) is 7.11 Å². The molecule has 0 saturated carbocycles. The van der Waals surface area contributed by atoms with Crippen molar-refractivity contribution in [1.82, 2.24) is 15.1 Å². The number of nitrogens with zero attached hydrogens (tertiary/aromatic N) is 3. The van der Waals surface area contributed by atoms with E-state index in [1.54, 1.807) is 45.2 Å². The van der Waals surface area contributed by atoms with Gasteiger partial charge in [-0.05, 0) is 49.9 Å². The Labute approximate surface area is 137 Å². The van der Waals surface area contributed by atoms with E-state index in [4.69, 9.17) is 9.15 Å². The third kappa shape index (κ3) is 2.94. The Kier molecular flexibility index (Phi) is 3.85. The van der Waals surface area contributed by atoms with Crippen molar-refractivity contribution in [2.24, 2.45) is 0 Å². The van der Waals surface area contributed by atoms with Crippen LogP contribution in [0.25, 0.3) is 11.5 Å². The number of hydrogen-bond acceptors (Lipinski definition) is 7. The second-order valence-electron chi connectivity index (χ2n) is 5.50. The lowest BCUT2D eigenvalue weighted by atomic mass is 10.2. The number of hydrogen-bond donors (Lipinski definition) is 0. The largest absolute Gasteiger partial charge is 0.497 e. The van der Waals surface area contributed by atoms with Crippen molar-refractivity contribution in [1.29, 1.82) is 0 Å². The highest BCUT2D eigenvalue weighted by Crippen LogP contribution is 2.37. The number of ether oxygens (including phenoxy) is 1. The smallest absolute Gasteiger partial charge is 0.289 e. The minimum Gasteiger partial charge on any atom is -0.497 e. The molecule has 0 unspecified atom stereocenters. The van der Waals surface area contributed by atoms with Gasteiger partial charge in [-0.1, -0.05) is 0 Å². The van der Waals surface area contributed by atoms with Gasteiger partial charge < -0.3 is 9.15 Å². The lowest BCUT2D eigenvalue weighted by molar-refractivity contribution is -0.129. The van der Waals surface area contributed by atoms with Gasteiger partial charge in [0.2, 0.25) is 17.7 Å². The maximum Gasteiger partial charge on any atom is 0.289 e. The minimum absolute atomic E-state index is 0.0166. The van der Waals surface area contributed by atoms with E-state index in [1.165, 1.54) is 0 Å². The molecule has 23 heavy (non-hydrogen) atoms. The molecular weight excluding hydrogens is 318 g/mol. The van der Waals surface area contributed by atoms with Gasteiger partial charge in [0.15, 0.2) is 0 Å². The molecule has 2 aromatic rings. The molecule has 0 aliphatic carbocycles. The zero-order valence-corrected chi connectivity index (χ0v) is 13.7. The second kappa shape index (κ2) is 5.69. The van der Waals surface area contributed by atoms with Gasteiger partial charge in [-0.25, -0.2) is 0 Å². The van der Waals surface area contributed by atoms with Crippen molar-refractivity contribution >= 4 is 22.9 Å². The van der Waals surface area contributed by atoms with E-state index < -0.39 is 4.75 Å². The molecule has 1 aromatic heterocycles. The number of carbonyl (C=O) groups excluding carboxylic acids is 2. The van der Waals surface area contributed by atoms with E-state index in [9.17, 15) is 9.59 Å². The molecule has 0 spiro atoms. The van der Waals surface area contributed by atoms with Crippen LogP contribution in [0, 0.1) is 0 Å². The van der Waals surface area contributed by atoms with Crippen LogP contribution in [-0.2, 0) is 11.3 Å². The van der Waals surface area contributed by atoms with Crippen molar-refractivity contribution in [3.8, 4) is 17.2 Å². The fourth-order valence-electron chi connectivity index (χ4n) is 2.16. The number of methoxy groups -OCH3 is 1. The van der Waals surface area contributed by atoms with Crippen LogP contribution < -0.4 is 4.74 Å². The lowest BCUT2D eigenvalue weighted by Crippen LogP contribution is -2.35. The molecule has 1 fully saturated rings. The molecule has 3 rings (SSSR count). The van der Waals surface area contributed by atoms with E-state index >= 15 is 0 Å². The van der Waals surface area contributed by atoms with E-state index in [2.05, 4.69) is 10.2 Å². The van der Waals surface area contributed by atoms with Crippen LogP contribution >= 0.6 is 11.8 Å². The molecule has 2 amide bonds. The summed E-state index contributed by atoms with van der Waals surface area (Å²) in [6.45, 7) is 3.42. The zero-order valence-electron chi connectivity index (χ0n) is 12.9. The molecule has 1 saturated heterocycles. The third-order valence-electron chi connectivity index (χ3n) is 3.42. The Balaban J connectivity index is 1.77. The molecule has 120 valence electrons. The van der Waals surface area contributed by atoms with E-state index in [0.29, 0.717) is 5.89 Å².